The first kappa shape index (κ1) is 18.5. The van der Waals surface area contributed by atoms with Crippen molar-refractivity contribution in [2.45, 2.75) is 19.4 Å². The monoisotopic (exact) mass is 369 g/mol. The Kier molecular flexibility index (Phi) is 5.76. The second-order valence-corrected chi connectivity index (χ2v) is 5.96. The zero-order chi connectivity index (χ0) is 19.2. The van der Waals surface area contributed by atoms with Crippen LogP contribution in [-0.4, -0.2) is 16.1 Å². The van der Waals surface area contributed by atoms with Gasteiger partial charge in [0, 0.05) is 12.5 Å². The van der Waals surface area contributed by atoms with Gasteiger partial charge in [0.25, 0.3) is 0 Å². The van der Waals surface area contributed by atoms with Gasteiger partial charge in [0.1, 0.15) is 18.2 Å². The number of carbonyl (C=O) groups is 1. The third-order valence-electron chi connectivity index (χ3n) is 3.98. The molecule has 1 N–H and O–H groups in total. The molecule has 0 radical (unpaired) electrons. The maximum atomic E-state index is 13.9. The molecule has 0 aliphatic rings. The van der Waals surface area contributed by atoms with Gasteiger partial charge >= 0.3 is 5.97 Å². The summed E-state index contributed by atoms with van der Waals surface area (Å²) in [6.07, 6.45) is 0.549. The van der Waals surface area contributed by atoms with Gasteiger partial charge < -0.3 is 9.84 Å². The summed E-state index contributed by atoms with van der Waals surface area (Å²) in [5, 5.41) is 8.70. The van der Waals surface area contributed by atoms with Gasteiger partial charge in [-0.25, -0.2) is 13.8 Å². The molecule has 0 unspecified atom stereocenters. The first-order valence-corrected chi connectivity index (χ1v) is 8.37. The van der Waals surface area contributed by atoms with Gasteiger partial charge in [0.05, 0.1) is 11.3 Å². The van der Waals surface area contributed by atoms with Crippen molar-refractivity contribution in [1.29, 1.82) is 0 Å². The molecular weight excluding hydrogens is 352 g/mol. The fourth-order valence-corrected chi connectivity index (χ4v) is 2.59. The second kappa shape index (κ2) is 8.40. The van der Waals surface area contributed by atoms with E-state index in [2.05, 4.69) is 4.98 Å². The van der Waals surface area contributed by atoms with Crippen LogP contribution in [0.2, 0.25) is 0 Å². The fourth-order valence-electron chi connectivity index (χ4n) is 2.59. The van der Waals surface area contributed by atoms with Crippen molar-refractivity contribution in [3.05, 3.63) is 83.4 Å². The van der Waals surface area contributed by atoms with Crippen LogP contribution in [0.5, 0.6) is 5.88 Å². The quantitative estimate of drug-likeness (QED) is 0.660. The third kappa shape index (κ3) is 4.88. The molecule has 0 fully saturated rings. The Balaban J connectivity index is 1.68. The van der Waals surface area contributed by atoms with E-state index in [0.717, 1.165) is 11.1 Å². The molecule has 0 bridgehead atoms. The summed E-state index contributed by atoms with van der Waals surface area (Å²) in [7, 11) is 0. The summed E-state index contributed by atoms with van der Waals surface area (Å²) in [4.78, 5) is 14.8. The van der Waals surface area contributed by atoms with Crippen LogP contribution in [0.25, 0.3) is 11.3 Å². The van der Waals surface area contributed by atoms with Crippen molar-refractivity contribution in [3.63, 3.8) is 0 Å². The van der Waals surface area contributed by atoms with E-state index in [4.69, 9.17) is 9.84 Å². The SMILES string of the molecule is O=C(O)CCc1ccc(COc2cccc(-c3c(F)cccc3F)n2)cc1. The molecule has 3 aromatic rings. The number of hydrogen-bond acceptors (Lipinski definition) is 3. The molecule has 0 saturated carbocycles. The normalized spacial score (nSPS) is 10.6. The van der Waals surface area contributed by atoms with Gasteiger partial charge in [-0.3, -0.25) is 4.79 Å². The number of carboxylic acids is 1. The topological polar surface area (TPSA) is 59.4 Å². The van der Waals surface area contributed by atoms with Gasteiger partial charge in [-0.2, -0.15) is 0 Å². The van der Waals surface area contributed by atoms with Crippen LogP contribution in [0.1, 0.15) is 17.5 Å². The van der Waals surface area contributed by atoms with Crippen LogP contribution < -0.4 is 4.74 Å². The van der Waals surface area contributed by atoms with Crippen LogP contribution in [0.4, 0.5) is 8.78 Å². The summed E-state index contributed by atoms with van der Waals surface area (Å²) < 4.78 is 33.4. The van der Waals surface area contributed by atoms with E-state index in [0.29, 0.717) is 6.42 Å². The summed E-state index contributed by atoms with van der Waals surface area (Å²) in [6, 6.07) is 15.8. The van der Waals surface area contributed by atoms with Crippen molar-refractivity contribution in [3.8, 4) is 17.1 Å². The van der Waals surface area contributed by atoms with E-state index in [1.807, 2.05) is 24.3 Å². The fraction of sp³-hybridized carbons (Fsp3) is 0.143. The number of pyridine rings is 1. The maximum absolute atomic E-state index is 13.9. The van der Waals surface area contributed by atoms with Crippen LogP contribution >= 0.6 is 0 Å². The van der Waals surface area contributed by atoms with E-state index in [1.54, 1.807) is 12.1 Å². The highest BCUT2D eigenvalue weighted by molar-refractivity contribution is 5.67. The van der Waals surface area contributed by atoms with Crippen LogP contribution in [0.15, 0.2) is 60.7 Å². The summed E-state index contributed by atoms with van der Waals surface area (Å²) in [6.45, 7) is 0.232. The number of benzene rings is 2. The molecule has 0 aliphatic carbocycles. The molecule has 0 atom stereocenters. The highest BCUT2D eigenvalue weighted by atomic mass is 19.1. The Morgan fingerprint density at radius 3 is 2.22 bits per heavy atom. The van der Waals surface area contributed by atoms with E-state index < -0.39 is 17.6 Å². The number of halogens is 2. The number of ether oxygens (including phenoxy) is 1. The molecule has 0 amide bonds. The van der Waals surface area contributed by atoms with Gasteiger partial charge in [-0.1, -0.05) is 36.4 Å². The third-order valence-corrected chi connectivity index (χ3v) is 3.98. The molecular formula is C21H17F2NO3. The number of rotatable bonds is 7. The lowest BCUT2D eigenvalue weighted by atomic mass is 10.1. The highest BCUT2D eigenvalue weighted by Crippen LogP contribution is 2.26. The van der Waals surface area contributed by atoms with Gasteiger partial charge in [-0.05, 0) is 35.7 Å². The Bertz CT molecular complexity index is 922. The molecule has 0 saturated heterocycles. The smallest absolute Gasteiger partial charge is 0.303 e. The lowest BCUT2D eigenvalue weighted by Crippen LogP contribution is -2.00. The molecule has 0 aliphatic heterocycles. The van der Waals surface area contributed by atoms with E-state index >= 15 is 0 Å². The summed E-state index contributed by atoms with van der Waals surface area (Å²) in [5.41, 5.74) is 1.77. The molecule has 0 spiro atoms. The molecule has 27 heavy (non-hydrogen) atoms. The predicted molar refractivity (Wildman–Crippen MR) is 96.3 cm³/mol. The number of aryl methyl sites for hydroxylation is 1. The van der Waals surface area contributed by atoms with Gasteiger partial charge in [-0.15, -0.1) is 0 Å². The van der Waals surface area contributed by atoms with Crippen molar-refractivity contribution in [1.82, 2.24) is 4.98 Å². The standard InChI is InChI=1S/C21H17F2NO3/c22-16-3-1-4-17(23)21(16)18-5-2-6-19(24-18)27-13-15-9-7-14(8-10-15)11-12-20(25)26/h1-10H,11-13H2,(H,25,26). The average Bonchev–Trinajstić information content (AvgIpc) is 2.66. The summed E-state index contributed by atoms with van der Waals surface area (Å²) in [5.74, 6) is -1.95. The number of aliphatic carboxylic acids is 1. The van der Waals surface area contributed by atoms with Gasteiger partial charge in [0.2, 0.25) is 5.88 Å². The maximum Gasteiger partial charge on any atom is 0.303 e. The number of aromatic nitrogens is 1. The van der Waals surface area contributed by atoms with Gasteiger partial charge in [0.15, 0.2) is 0 Å². The second-order valence-electron chi connectivity index (χ2n) is 5.96. The van der Waals surface area contributed by atoms with Crippen molar-refractivity contribution >= 4 is 5.97 Å². The number of carboxylic acid groups (broad SMARTS) is 1. The zero-order valence-corrected chi connectivity index (χ0v) is 14.4. The molecule has 2 aromatic carbocycles. The molecule has 6 heteroatoms. The summed E-state index contributed by atoms with van der Waals surface area (Å²) >= 11 is 0. The van der Waals surface area contributed by atoms with Crippen LogP contribution in [0.3, 0.4) is 0 Å². The van der Waals surface area contributed by atoms with Crippen molar-refractivity contribution in [2.75, 3.05) is 0 Å². The first-order chi connectivity index (χ1) is 13.0. The molecule has 1 aromatic heterocycles. The Labute approximate surface area is 155 Å². The lowest BCUT2D eigenvalue weighted by molar-refractivity contribution is -0.136. The molecule has 1 heterocycles. The first-order valence-electron chi connectivity index (χ1n) is 8.37. The van der Waals surface area contributed by atoms with E-state index in [1.165, 1.54) is 24.3 Å². The zero-order valence-electron chi connectivity index (χ0n) is 14.4. The molecule has 3 rings (SSSR count). The lowest BCUT2D eigenvalue weighted by Gasteiger charge is -2.09. The van der Waals surface area contributed by atoms with Crippen molar-refractivity contribution < 1.29 is 23.4 Å². The minimum absolute atomic E-state index is 0.0825. The largest absolute Gasteiger partial charge is 0.481 e. The predicted octanol–water partition coefficient (Wildman–Crippen LogP) is 4.62. The molecule has 4 nitrogen and oxygen atoms in total. The highest BCUT2D eigenvalue weighted by Gasteiger charge is 2.13. The number of hydrogen-bond donors (Lipinski definition) is 1. The average molecular weight is 369 g/mol. The number of nitrogens with zero attached hydrogens (tertiary/aromatic N) is 1. The molecule has 138 valence electrons. The van der Waals surface area contributed by atoms with E-state index in [9.17, 15) is 13.6 Å². The van der Waals surface area contributed by atoms with E-state index in [-0.39, 0.29) is 30.2 Å². The Morgan fingerprint density at radius 2 is 1.56 bits per heavy atom. The Morgan fingerprint density at radius 1 is 0.926 bits per heavy atom. The Hall–Kier alpha value is -3.28. The minimum atomic E-state index is -0.834. The van der Waals surface area contributed by atoms with Crippen LogP contribution in [-0.2, 0) is 17.8 Å². The minimum Gasteiger partial charge on any atom is -0.481 e. The van der Waals surface area contributed by atoms with Crippen molar-refractivity contribution in [2.24, 2.45) is 0 Å². The van der Waals surface area contributed by atoms with Crippen LogP contribution in [0, 0.1) is 11.6 Å².